The lowest BCUT2D eigenvalue weighted by Gasteiger charge is -2.47. The number of pyridine rings is 1. The molecular weight excluding hydrogens is 416 g/mol. The van der Waals surface area contributed by atoms with Gasteiger partial charge in [-0.3, -0.25) is 19.5 Å². The van der Waals surface area contributed by atoms with Crippen molar-refractivity contribution in [1.29, 1.82) is 0 Å². The minimum atomic E-state index is -0.897. The second-order valence-corrected chi connectivity index (χ2v) is 10.5. The van der Waals surface area contributed by atoms with E-state index in [1.165, 1.54) is 0 Å². The summed E-state index contributed by atoms with van der Waals surface area (Å²) >= 11 is 0. The minimum absolute atomic E-state index is 0.0256. The highest BCUT2D eigenvalue weighted by molar-refractivity contribution is 6.04. The first-order chi connectivity index (χ1) is 15.6. The van der Waals surface area contributed by atoms with Gasteiger partial charge in [-0.05, 0) is 55.5 Å². The normalized spacial score (nSPS) is 20.8. The number of benzene rings is 1. The van der Waals surface area contributed by atoms with E-state index in [0.717, 1.165) is 24.9 Å². The smallest absolute Gasteiger partial charge is 0.250 e. The number of rotatable bonds is 5. The third-order valence-corrected chi connectivity index (χ3v) is 6.47. The number of aromatic nitrogens is 1. The Morgan fingerprint density at radius 1 is 1.21 bits per heavy atom. The Morgan fingerprint density at radius 2 is 1.91 bits per heavy atom. The fourth-order valence-electron chi connectivity index (χ4n) is 4.63. The number of carbonyl (C=O) groups is 2. The Balaban J connectivity index is 1.77. The highest BCUT2D eigenvalue weighted by Crippen LogP contribution is 2.34. The molecule has 3 heterocycles. The molecular formula is C26H34N4O3. The number of likely N-dealkylation sites (tertiary alicyclic amines) is 1. The lowest BCUT2D eigenvalue weighted by atomic mass is 9.87. The van der Waals surface area contributed by atoms with Gasteiger partial charge >= 0.3 is 0 Å². The van der Waals surface area contributed by atoms with Crippen LogP contribution in [0.25, 0.3) is 0 Å². The fourth-order valence-corrected chi connectivity index (χ4v) is 4.63. The largest absolute Gasteiger partial charge is 0.386 e. The Morgan fingerprint density at radius 3 is 2.42 bits per heavy atom. The van der Waals surface area contributed by atoms with E-state index in [-0.39, 0.29) is 36.4 Å². The highest BCUT2D eigenvalue weighted by Gasteiger charge is 2.45. The molecule has 0 saturated carbocycles. The quantitative estimate of drug-likeness (QED) is 0.732. The number of hydrogen-bond acceptors (Lipinski definition) is 5. The summed E-state index contributed by atoms with van der Waals surface area (Å²) < 4.78 is 0. The van der Waals surface area contributed by atoms with Gasteiger partial charge in [0.15, 0.2) is 0 Å². The molecule has 7 nitrogen and oxygen atoms in total. The molecule has 0 radical (unpaired) electrons. The van der Waals surface area contributed by atoms with E-state index in [4.69, 9.17) is 0 Å². The molecule has 2 atom stereocenters. The zero-order valence-electron chi connectivity index (χ0n) is 19.9. The lowest BCUT2D eigenvalue weighted by Crippen LogP contribution is -2.64. The first-order valence-electron chi connectivity index (χ1n) is 11.6. The average Bonchev–Trinajstić information content (AvgIpc) is 3.30. The second kappa shape index (κ2) is 8.88. The minimum Gasteiger partial charge on any atom is -0.386 e. The van der Waals surface area contributed by atoms with Crippen LogP contribution in [0.4, 0.5) is 5.69 Å². The van der Waals surface area contributed by atoms with Crippen LogP contribution in [-0.4, -0.2) is 58.1 Å². The molecule has 33 heavy (non-hydrogen) atoms. The van der Waals surface area contributed by atoms with Gasteiger partial charge in [0.2, 0.25) is 5.91 Å². The van der Waals surface area contributed by atoms with Crippen LogP contribution in [0.15, 0.2) is 48.8 Å². The highest BCUT2D eigenvalue weighted by atomic mass is 16.3. The van der Waals surface area contributed by atoms with Crippen LogP contribution in [0.2, 0.25) is 0 Å². The Labute approximate surface area is 195 Å². The summed E-state index contributed by atoms with van der Waals surface area (Å²) in [6.45, 7) is 9.42. The third kappa shape index (κ3) is 4.94. The van der Waals surface area contributed by atoms with E-state index in [1.807, 2.05) is 30.3 Å². The Kier molecular flexibility index (Phi) is 6.29. The summed E-state index contributed by atoms with van der Waals surface area (Å²) in [5, 5.41) is 13.5. The first-order valence-corrected chi connectivity index (χ1v) is 11.6. The molecule has 2 aromatic rings. The van der Waals surface area contributed by atoms with Crippen molar-refractivity contribution in [3.63, 3.8) is 0 Å². The van der Waals surface area contributed by atoms with Crippen LogP contribution in [0.1, 0.15) is 57.7 Å². The molecule has 0 aliphatic carbocycles. The summed E-state index contributed by atoms with van der Waals surface area (Å²) in [5.41, 5.74) is 1.56. The maximum atomic E-state index is 13.8. The van der Waals surface area contributed by atoms with Crippen molar-refractivity contribution in [3.05, 3.63) is 59.9 Å². The van der Waals surface area contributed by atoms with Crippen LogP contribution in [0, 0.1) is 0 Å². The molecule has 2 unspecified atom stereocenters. The molecule has 2 aliphatic heterocycles. The van der Waals surface area contributed by atoms with Crippen molar-refractivity contribution >= 4 is 17.5 Å². The predicted molar refractivity (Wildman–Crippen MR) is 128 cm³/mol. The Bertz CT molecular complexity index is 984. The fraction of sp³-hybridized carbons (Fsp3) is 0.500. The maximum Gasteiger partial charge on any atom is 0.250 e. The van der Waals surface area contributed by atoms with E-state index in [1.54, 1.807) is 35.2 Å². The molecule has 2 aliphatic rings. The van der Waals surface area contributed by atoms with Gasteiger partial charge < -0.3 is 15.3 Å². The number of amides is 2. The SMILES string of the molecule is CC1(O)CN(C(=O)C(c2cccnc2)N(C(=O)C2CCCN2)c2ccc(C(C)(C)C)cc2)C1. The number of β-amino-alcohol motifs (C(OH)–C–C–N with tert-alkyl or cyclic N) is 1. The Hall–Kier alpha value is -2.77. The summed E-state index contributed by atoms with van der Waals surface area (Å²) in [7, 11) is 0. The van der Waals surface area contributed by atoms with E-state index < -0.39 is 11.6 Å². The predicted octanol–water partition coefficient (Wildman–Crippen LogP) is 2.80. The number of carbonyl (C=O) groups excluding carboxylic acids is 2. The van der Waals surface area contributed by atoms with Crippen molar-refractivity contribution in [2.24, 2.45) is 0 Å². The lowest BCUT2D eigenvalue weighted by molar-refractivity contribution is -0.154. The first kappa shape index (κ1) is 23.4. The summed E-state index contributed by atoms with van der Waals surface area (Å²) in [6.07, 6.45) is 4.96. The van der Waals surface area contributed by atoms with Gasteiger partial charge in [0, 0.05) is 23.6 Å². The van der Waals surface area contributed by atoms with Crippen molar-refractivity contribution in [1.82, 2.24) is 15.2 Å². The molecule has 2 amide bonds. The maximum absolute atomic E-state index is 13.8. The van der Waals surface area contributed by atoms with Crippen LogP contribution in [0.5, 0.6) is 0 Å². The molecule has 0 bridgehead atoms. The summed E-state index contributed by atoms with van der Waals surface area (Å²) in [5.74, 6) is -0.328. The van der Waals surface area contributed by atoms with Gasteiger partial charge in [-0.2, -0.15) is 0 Å². The van der Waals surface area contributed by atoms with Gasteiger partial charge in [-0.1, -0.05) is 39.0 Å². The van der Waals surface area contributed by atoms with E-state index in [9.17, 15) is 14.7 Å². The molecule has 7 heteroatoms. The number of nitrogens with one attached hydrogen (secondary N) is 1. The van der Waals surface area contributed by atoms with Crippen LogP contribution in [0.3, 0.4) is 0 Å². The standard InChI is InChI=1S/C26H34N4O3/c1-25(2,3)19-9-11-20(12-10-19)30(23(31)21-8-6-14-28-21)22(18-7-5-13-27-15-18)24(32)29-16-26(4,33)17-29/h5,7,9-13,15,21-22,28,33H,6,8,14,16-17H2,1-4H3. The van der Waals surface area contributed by atoms with Gasteiger partial charge in [-0.15, -0.1) is 0 Å². The zero-order chi connectivity index (χ0) is 23.8. The van der Waals surface area contributed by atoms with Crippen molar-refractivity contribution < 1.29 is 14.7 Å². The molecule has 176 valence electrons. The van der Waals surface area contributed by atoms with Crippen molar-refractivity contribution in [2.45, 2.75) is 63.6 Å². The van der Waals surface area contributed by atoms with Gasteiger partial charge in [0.1, 0.15) is 6.04 Å². The number of nitrogens with zero attached hydrogens (tertiary/aromatic N) is 3. The molecule has 1 aromatic heterocycles. The van der Waals surface area contributed by atoms with Crippen molar-refractivity contribution in [2.75, 3.05) is 24.5 Å². The summed E-state index contributed by atoms with van der Waals surface area (Å²) in [4.78, 5) is 35.0. The van der Waals surface area contributed by atoms with Crippen LogP contribution >= 0.6 is 0 Å². The van der Waals surface area contributed by atoms with E-state index in [2.05, 4.69) is 31.1 Å². The molecule has 4 rings (SSSR count). The molecule has 2 N–H and O–H groups in total. The zero-order valence-corrected chi connectivity index (χ0v) is 19.9. The van der Waals surface area contributed by atoms with Crippen molar-refractivity contribution in [3.8, 4) is 0 Å². The molecule has 0 spiro atoms. The number of anilines is 1. The summed E-state index contributed by atoms with van der Waals surface area (Å²) in [6, 6.07) is 10.3. The average molecular weight is 451 g/mol. The monoisotopic (exact) mass is 450 g/mol. The van der Waals surface area contributed by atoms with Gasteiger partial charge in [0.25, 0.3) is 5.91 Å². The number of aliphatic hydroxyl groups is 1. The molecule has 2 saturated heterocycles. The van der Waals surface area contributed by atoms with Gasteiger partial charge in [0.05, 0.1) is 24.7 Å². The van der Waals surface area contributed by atoms with E-state index >= 15 is 0 Å². The van der Waals surface area contributed by atoms with E-state index in [0.29, 0.717) is 11.3 Å². The molecule has 2 fully saturated rings. The number of hydrogen-bond donors (Lipinski definition) is 2. The third-order valence-electron chi connectivity index (χ3n) is 6.47. The second-order valence-electron chi connectivity index (χ2n) is 10.5. The topological polar surface area (TPSA) is 85.8 Å². The van der Waals surface area contributed by atoms with Crippen LogP contribution < -0.4 is 10.2 Å². The molecule has 1 aromatic carbocycles. The van der Waals surface area contributed by atoms with Crippen LogP contribution in [-0.2, 0) is 15.0 Å². The van der Waals surface area contributed by atoms with Gasteiger partial charge in [-0.25, -0.2) is 0 Å².